The number of thiophene rings is 2. The van der Waals surface area contributed by atoms with Crippen LogP contribution in [0, 0.1) is 13.8 Å². The molecule has 6 rings (SSSR count). The summed E-state index contributed by atoms with van der Waals surface area (Å²) in [6.07, 6.45) is 7.85. The number of nitrogens with one attached hydrogen (secondary N) is 3. The van der Waals surface area contributed by atoms with E-state index in [2.05, 4.69) is 43.6 Å². The molecule has 6 aromatic rings. The van der Waals surface area contributed by atoms with Crippen LogP contribution in [0.25, 0.3) is 20.2 Å². The standard InChI is InChI=1S/C21H25N3O2S3.C16H14N2O3S.C5H13NS2.CH4/c1-13-8-16(24(4)11-13)19(25)23-15-6-7-17-14(9-15)10-18(28-17)20(26)22-12-21(2,3)29(5)27;1-9-5-12(18(2)8-9)15(19)17-11-3-4-13-10(6-11)7-14(22-13)16(20)21;1-5(2,4-6)8(3)7;/h6-11H,12H2,1-5H3,(H,22,26)(H,23,25);3-8H,1-2H3,(H,17,19)(H,20,21);4,6H2,1-3H3;1H4. The molecule has 0 aliphatic heterocycles. The van der Waals surface area contributed by atoms with Crippen molar-refractivity contribution in [3.05, 3.63) is 105 Å². The number of aromatic nitrogens is 2. The number of carboxylic acids is 1. The maximum Gasteiger partial charge on any atom is 0.345 e. The molecule has 2 aromatic carbocycles. The Morgan fingerprint density at radius 2 is 1.12 bits per heavy atom. The van der Waals surface area contributed by atoms with Gasteiger partial charge in [-0.25, -0.2) is 4.79 Å². The minimum atomic E-state index is -0.939. The molecular weight excluding hydrogens is 873 g/mol. The zero-order valence-corrected chi connectivity index (χ0v) is 39.7. The van der Waals surface area contributed by atoms with Gasteiger partial charge in [-0.3, -0.25) is 14.4 Å². The van der Waals surface area contributed by atoms with E-state index in [4.69, 9.17) is 33.2 Å². The van der Waals surface area contributed by atoms with E-state index in [9.17, 15) is 19.2 Å². The summed E-state index contributed by atoms with van der Waals surface area (Å²) < 4.78 is 5.51. The molecule has 0 bridgehead atoms. The smallest absolute Gasteiger partial charge is 0.345 e. The molecule has 0 aliphatic rings. The maximum absolute atomic E-state index is 12.6. The Morgan fingerprint density at radius 3 is 1.47 bits per heavy atom. The normalized spacial score (nSPS) is 12.2. The molecule has 0 saturated carbocycles. The Morgan fingerprint density at radius 1 is 0.700 bits per heavy atom. The van der Waals surface area contributed by atoms with Gasteiger partial charge >= 0.3 is 5.97 Å². The number of hydrogen-bond acceptors (Lipinski definition) is 9. The number of aromatic carboxylic acids is 1. The van der Waals surface area contributed by atoms with E-state index < -0.39 is 5.97 Å². The molecule has 11 nitrogen and oxygen atoms in total. The molecule has 60 heavy (non-hydrogen) atoms. The lowest BCUT2D eigenvalue weighted by Gasteiger charge is -2.24. The summed E-state index contributed by atoms with van der Waals surface area (Å²) in [6, 6.07) is 18.2. The van der Waals surface area contributed by atoms with Crippen molar-refractivity contribution in [2.24, 2.45) is 19.8 Å². The Kier molecular flexibility index (Phi) is 17.7. The van der Waals surface area contributed by atoms with Crippen LogP contribution >= 0.6 is 22.7 Å². The number of anilines is 2. The zero-order chi connectivity index (χ0) is 44.0. The van der Waals surface area contributed by atoms with Crippen molar-refractivity contribution in [1.82, 2.24) is 14.5 Å². The molecule has 0 spiro atoms. The summed E-state index contributed by atoms with van der Waals surface area (Å²) in [7, 11) is 3.50. The van der Waals surface area contributed by atoms with Crippen LogP contribution in [-0.2, 0) is 55.4 Å². The van der Waals surface area contributed by atoms with E-state index in [1.807, 2.05) is 99.9 Å². The molecule has 4 heterocycles. The van der Waals surface area contributed by atoms with E-state index in [1.54, 1.807) is 22.8 Å². The first kappa shape index (κ1) is 50.3. The highest BCUT2D eigenvalue weighted by Crippen LogP contribution is 2.30. The molecule has 17 heteroatoms. The summed E-state index contributed by atoms with van der Waals surface area (Å²) in [5.41, 5.74) is 10.0. The summed E-state index contributed by atoms with van der Waals surface area (Å²) in [6.45, 7) is 13.5. The topological polar surface area (TPSA) is 160 Å². The van der Waals surface area contributed by atoms with Crippen molar-refractivity contribution in [2.45, 2.75) is 58.5 Å². The van der Waals surface area contributed by atoms with E-state index in [0.717, 1.165) is 31.3 Å². The van der Waals surface area contributed by atoms with Gasteiger partial charge in [0.15, 0.2) is 0 Å². The van der Waals surface area contributed by atoms with Gasteiger partial charge < -0.3 is 35.9 Å². The first-order chi connectivity index (χ1) is 27.5. The summed E-state index contributed by atoms with van der Waals surface area (Å²) in [4.78, 5) is 49.3. The summed E-state index contributed by atoms with van der Waals surface area (Å²) in [5.74, 6) is -1.38. The minimum Gasteiger partial charge on any atom is -0.477 e. The highest BCUT2D eigenvalue weighted by atomic mass is 32.8. The first-order valence-electron chi connectivity index (χ1n) is 18.4. The van der Waals surface area contributed by atoms with E-state index >= 15 is 0 Å². The van der Waals surface area contributed by atoms with Crippen molar-refractivity contribution in [3.63, 3.8) is 0 Å². The van der Waals surface area contributed by atoms with Crippen LogP contribution in [0.15, 0.2) is 73.1 Å². The number of carbonyl (C=O) groups is 4. The fraction of sp³-hybridized carbons (Fsp3) is 0.349. The van der Waals surface area contributed by atoms with E-state index in [1.165, 1.54) is 22.7 Å². The summed E-state index contributed by atoms with van der Waals surface area (Å²) in [5, 5.41) is 19.5. The number of hydrogen-bond donors (Lipinski definition) is 5. The molecule has 324 valence electrons. The number of benzene rings is 2. The zero-order valence-electron chi connectivity index (χ0n) is 34.8. The molecule has 0 saturated heterocycles. The lowest BCUT2D eigenvalue weighted by Crippen LogP contribution is -2.40. The number of nitrogens with two attached hydrogens (primary N) is 1. The van der Waals surface area contributed by atoms with Gasteiger partial charge in [-0.05, 0) is 137 Å². The molecule has 0 aliphatic carbocycles. The van der Waals surface area contributed by atoms with Crippen LogP contribution in [-0.4, -0.2) is 73.0 Å². The minimum absolute atomic E-state index is 0. The van der Waals surface area contributed by atoms with Gasteiger partial charge in [0.1, 0.15) is 16.3 Å². The Bertz CT molecular complexity index is 2560. The average molecular weight is 929 g/mol. The number of rotatable bonds is 11. The number of fused-ring (bicyclic) bond motifs is 2. The second kappa shape index (κ2) is 21.1. The van der Waals surface area contributed by atoms with Gasteiger partial charge in [0.05, 0.1) is 4.88 Å². The fourth-order valence-corrected chi connectivity index (χ4v) is 8.09. The van der Waals surface area contributed by atoms with Gasteiger partial charge in [-0.1, -0.05) is 29.8 Å². The van der Waals surface area contributed by atoms with Gasteiger partial charge in [-0.15, -0.1) is 41.6 Å². The van der Waals surface area contributed by atoms with Gasteiger partial charge in [0, 0.05) is 69.8 Å². The largest absolute Gasteiger partial charge is 0.477 e. The number of aryl methyl sites for hydroxylation is 4. The third-order valence-corrected chi connectivity index (χ3v) is 17.8. The van der Waals surface area contributed by atoms with Crippen LogP contribution in [0.3, 0.4) is 0 Å². The predicted molar refractivity (Wildman–Crippen MR) is 264 cm³/mol. The van der Waals surface area contributed by atoms with Crippen LogP contribution in [0.5, 0.6) is 0 Å². The molecule has 4 aromatic heterocycles. The van der Waals surface area contributed by atoms with E-state index in [-0.39, 0.29) is 58.4 Å². The number of nitrogens with zero attached hydrogens (tertiary/aromatic N) is 2. The van der Waals surface area contributed by atoms with Crippen LogP contribution < -0.4 is 21.7 Å². The third-order valence-electron chi connectivity index (χ3n) is 9.45. The maximum atomic E-state index is 12.6. The highest BCUT2D eigenvalue weighted by molar-refractivity contribution is 8.29. The van der Waals surface area contributed by atoms with Gasteiger partial charge in [-0.2, -0.15) is 0 Å². The lowest BCUT2D eigenvalue weighted by atomic mass is 10.2. The van der Waals surface area contributed by atoms with Crippen LogP contribution in [0.2, 0.25) is 0 Å². The fourth-order valence-electron chi connectivity index (χ4n) is 5.36. The molecule has 3 amide bonds. The Labute approximate surface area is 375 Å². The van der Waals surface area contributed by atoms with Crippen molar-refractivity contribution in [1.29, 1.82) is 0 Å². The Balaban J connectivity index is 0.000000274. The molecule has 6 N–H and O–H groups in total. The number of carbonyl (C=O) groups excluding carboxylic acids is 3. The van der Waals surface area contributed by atoms with Crippen molar-refractivity contribution in [2.75, 3.05) is 36.2 Å². The quantitative estimate of drug-likeness (QED) is 0.0864. The average Bonchev–Trinajstić information content (AvgIpc) is 3.95. The predicted octanol–water partition coefficient (Wildman–Crippen LogP) is 8.59. The number of carboxylic acid groups (broad SMARTS) is 1. The molecule has 0 fully saturated rings. The monoisotopic (exact) mass is 928 g/mol. The molecule has 0 radical (unpaired) electrons. The molecule has 2 atom stereocenters. The molecular formula is C43H56N6O5S6. The lowest BCUT2D eigenvalue weighted by molar-refractivity contribution is 0.0701. The SMILES string of the molecule is C.CS(=S)C(C)(C)CN.Cc1cc(C(=O)Nc2ccc3sc(C(=O)NCC(C)(C)S(C)=S)cc3c2)n(C)c1.Cc1cc(C(=O)Nc2ccc3sc(C(=O)O)cc3c2)n(C)c1. The first-order valence-corrected chi connectivity index (χ1v) is 25.1. The summed E-state index contributed by atoms with van der Waals surface area (Å²) >= 11 is 13.1. The highest BCUT2D eigenvalue weighted by Gasteiger charge is 2.22. The van der Waals surface area contributed by atoms with Crippen molar-refractivity contribution < 1.29 is 24.3 Å². The molecule has 2 unspecified atom stereocenters. The van der Waals surface area contributed by atoms with Gasteiger partial charge in [0.25, 0.3) is 17.7 Å². The third kappa shape index (κ3) is 13.2. The second-order valence-corrected chi connectivity index (χ2v) is 24.5. The van der Waals surface area contributed by atoms with Gasteiger partial charge in [0.2, 0.25) is 0 Å². The van der Waals surface area contributed by atoms with E-state index in [0.29, 0.717) is 40.7 Å². The van der Waals surface area contributed by atoms with Crippen molar-refractivity contribution >= 4 is 119 Å². The number of amides is 3. The van der Waals surface area contributed by atoms with Crippen LogP contribution in [0.1, 0.15) is 86.6 Å². The van der Waals surface area contributed by atoms with Crippen molar-refractivity contribution in [3.8, 4) is 0 Å². The van der Waals surface area contributed by atoms with Crippen LogP contribution in [0.4, 0.5) is 11.4 Å². The second-order valence-electron chi connectivity index (χ2n) is 15.3. The Hall–Kier alpha value is -4.10.